The molecule has 2 aliphatic rings. The maximum atomic E-state index is 12.9. The first kappa shape index (κ1) is 23.3. The highest BCUT2D eigenvalue weighted by atomic mass is 32.2. The molecule has 2 heterocycles. The molecule has 0 saturated heterocycles. The summed E-state index contributed by atoms with van der Waals surface area (Å²) in [5, 5.41) is 0. The fraction of sp³-hybridized carbons (Fsp3) is 0.294. The summed E-state index contributed by atoms with van der Waals surface area (Å²) in [6, 6.07) is 6.54. The summed E-state index contributed by atoms with van der Waals surface area (Å²) in [5.74, 6) is -1.94. The molecular weight excluding hydrogens is 510 g/mol. The van der Waals surface area contributed by atoms with Crippen molar-refractivity contribution in [3.63, 3.8) is 0 Å². The molecule has 0 atom stereocenters. The topological polar surface area (TPSA) is 105 Å². The maximum absolute atomic E-state index is 12.9. The summed E-state index contributed by atoms with van der Waals surface area (Å²) in [5.41, 5.74) is -13.9. The lowest BCUT2D eigenvalue weighted by Crippen LogP contribution is -2.34. The molecule has 0 saturated carbocycles. The van der Waals surface area contributed by atoms with Crippen molar-refractivity contribution < 1.29 is 61.0 Å². The number of fused-ring (bicyclic) bond motifs is 4. The van der Waals surface area contributed by atoms with Crippen molar-refractivity contribution in [1.29, 1.82) is 0 Å². The Kier molecular flexibility index (Phi) is 4.98. The number of alkyl halides is 6. The van der Waals surface area contributed by atoms with E-state index in [9.17, 15) is 43.2 Å². The van der Waals surface area contributed by atoms with E-state index in [1.54, 1.807) is 0 Å². The molecule has 0 bridgehead atoms. The van der Waals surface area contributed by atoms with E-state index in [0.29, 0.717) is 0 Å². The van der Waals surface area contributed by atoms with Crippen LogP contribution in [0, 0.1) is 0 Å². The van der Waals surface area contributed by atoms with Crippen LogP contribution in [0.3, 0.4) is 0 Å². The minimum Gasteiger partial charge on any atom is -0.492 e. The summed E-state index contributed by atoms with van der Waals surface area (Å²) in [7, 11) is -12.3. The Labute approximate surface area is 181 Å². The Hall–Kier alpha value is -2.88. The van der Waals surface area contributed by atoms with Crippen LogP contribution in [0.4, 0.5) is 26.3 Å². The lowest BCUT2D eigenvalue weighted by Gasteiger charge is -2.24. The average Bonchev–Trinajstić information content (AvgIpc) is 3.23. The van der Waals surface area contributed by atoms with Crippen LogP contribution in [0.2, 0.25) is 0 Å². The molecule has 0 aromatic heterocycles. The number of benzene rings is 2. The number of ether oxygens (including phenoxy) is 2. The Morgan fingerprint density at radius 3 is 1.39 bits per heavy atom. The smallest absolute Gasteiger partial charge is 0.492 e. The van der Waals surface area contributed by atoms with Crippen LogP contribution in [0.5, 0.6) is 23.0 Å². The van der Waals surface area contributed by atoms with Crippen LogP contribution >= 0.6 is 0 Å². The molecule has 2 aromatic carbocycles. The Bertz CT molecular complexity index is 1230. The third kappa shape index (κ3) is 3.60. The van der Waals surface area contributed by atoms with Gasteiger partial charge in [0.25, 0.3) is 0 Å². The molecule has 180 valence electrons. The molecule has 0 N–H and O–H groups in total. The molecule has 2 aliphatic heterocycles. The van der Waals surface area contributed by atoms with Gasteiger partial charge in [0.05, 0.1) is 11.1 Å². The highest BCUT2D eigenvalue weighted by molar-refractivity contribution is 7.88. The number of halogens is 6. The first-order chi connectivity index (χ1) is 15.1. The van der Waals surface area contributed by atoms with Gasteiger partial charge >= 0.3 is 31.3 Å². The predicted molar refractivity (Wildman–Crippen MR) is 95.9 cm³/mol. The van der Waals surface area contributed by atoms with Crippen molar-refractivity contribution >= 4 is 20.2 Å². The Morgan fingerprint density at radius 2 is 1.06 bits per heavy atom. The van der Waals surface area contributed by atoms with E-state index in [1.807, 2.05) is 0 Å². The van der Waals surface area contributed by atoms with Crippen molar-refractivity contribution in [2.24, 2.45) is 0 Å². The standard InChI is InChI=1S/C17H10F6O8S2/c18-16(19,20)32(24,25)30-11-5-1-3-9-13(11)15(7-28-9)8-29-10-4-2-6-12(14(10)15)31-33(26,27)17(21,22)23/h1-6H,7-8H2. The van der Waals surface area contributed by atoms with Gasteiger partial charge in [0.1, 0.15) is 30.1 Å². The minimum atomic E-state index is -6.13. The SMILES string of the molecule is O=S(=O)(Oc1cccc2c1C1(CO2)COc2cccc(OS(=O)(=O)C(F)(F)F)c21)C(F)(F)F. The average molecular weight is 520 g/mol. The lowest BCUT2D eigenvalue weighted by molar-refractivity contribution is -0.0504. The first-order valence-corrected chi connectivity index (χ1v) is 11.4. The molecule has 8 nitrogen and oxygen atoms in total. The van der Waals surface area contributed by atoms with Crippen LogP contribution in [0.1, 0.15) is 11.1 Å². The van der Waals surface area contributed by atoms with Crippen LogP contribution in [0.25, 0.3) is 0 Å². The molecule has 33 heavy (non-hydrogen) atoms. The van der Waals surface area contributed by atoms with Gasteiger partial charge in [-0.15, -0.1) is 0 Å². The summed E-state index contributed by atoms with van der Waals surface area (Å²) in [4.78, 5) is 0. The van der Waals surface area contributed by atoms with Gasteiger partial charge in [0.15, 0.2) is 11.5 Å². The monoisotopic (exact) mass is 520 g/mol. The van der Waals surface area contributed by atoms with E-state index in [4.69, 9.17) is 9.47 Å². The van der Waals surface area contributed by atoms with E-state index in [2.05, 4.69) is 8.37 Å². The van der Waals surface area contributed by atoms with Crippen molar-refractivity contribution in [2.45, 2.75) is 16.4 Å². The largest absolute Gasteiger partial charge is 0.534 e. The van der Waals surface area contributed by atoms with Gasteiger partial charge in [-0.2, -0.15) is 43.2 Å². The van der Waals surface area contributed by atoms with Gasteiger partial charge in [-0.1, -0.05) is 12.1 Å². The molecule has 0 unspecified atom stereocenters. The van der Waals surface area contributed by atoms with E-state index in [0.717, 1.165) is 24.3 Å². The second-order valence-electron chi connectivity index (χ2n) is 6.88. The van der Waals surface area contributed by atoms with Crippen LogP contribution in [0.15, 0.2) is 36.4 Å². The van der Waals surface area contributed by atoms with E-state index >= 15 is 0 Å². The zero-order chi connectivity index (χ0) is 24.4. The maximum Gasteiger partial charge on any atom is 0.534 e. The molecule has 1 spiro atoms. The van der Waals surface area contributed by atoms with Crippen molar-refractivity contribution in [3.8, 4) is 23.0 Å². The molecule has 2 aromatic rings. The second-order valence-corrected chi connectivity index (χ2v) is 9.96. The van der Waals surface area contributed by atoms with Gasteiger partial charge < -0.3 is 17.8 Å². The molecule has 0 fully saturated rings. The molecule has 16 heteroatoms. The molecular formula is C17H10F6O8S2. The Morgan fingerprint density at radius 1 is 0.697 bits per heavy atom. The van der Waals surface area contributed by atoms with Crippen molar-refractivity contribution in [3.05, 3.63) is 47.5 Å². The number of hydrogen-bond acceptors (Lipinski definition) is 8. The zero-order valence-corrected chi connectivity index (χ0v) is 17.4. The van der Waals surface area contributed by atoms with Crippen LogP contribution < -0.4 is 17.8 Å². The van der Waals surface area contributed by atoms with E-state index < -0.39 is 61.4 Å². The fourth-order valence-corrected chi connectivity index (χ4v) is 4.47. The highest BCUT2D eigenvalue weighted by Crippen LogP contribution is 2.56. The molecule has 0 radical (unpaired) electrons. The van der Waals surface area contributed by atoms with Crippen molar-refractivity contribution in [2.75, 3.05) is 13.2 Å². The lowest BCUT2D eigenvalue weighted by atomic mass is 9.77. The van der Waals surface area contributed by atoms with Crippen molar-refractivity contribution in [1.82, 2.24) is 0 Å². The van der Waals surface area contributed by atoms with Gasteiger partial charge in [-0.25, -0.2) is 0 Å². The van der Waals surface area contributed by atoms with Gasteiger partial charge in [0, 0.05) is 0 Å². The fourth-order valence-electron chi connectivity index (χ4n) is 3.53. The third-order valence-corrected chi connectivity index (χ3v) is 6.78. The zero-order valence-electron chi connectivity index (χ0n) is 15.7. The van der Waals surface area contributed by atoms with E-state index in [1.165, 1.54) is 12.1 Å². The molecule has 4 rings (SSSR count). The third-order valence-electron chi connectivity index (χ3n) is 4.85. The summed E-state index contributed by atoms with van der Waals surface area (Å²) < 4.78 is 143. The van der Waals surface area contributed by atoms with Crippen LogP contribution in [-0.2, 0) is 25.7 Å². The summed E-state index contributed by atoms with van der Waals surface area (Å²) in [6.45, 7) is -0.900. The molecule has 0 amide bonds. The Balaban J connectivity index is 1.89. The normalized spacial score (nSPS) is 17.2. The highest BCUT2D eigenvalue weighted by Gasteiger charge is 2.56. The minimum absolute atomic E-state index is 0.144. The summed E-state index contributed by atoms with van der Waals surface area (Å²) >= 11 is 0. The number of rotatable bonds is 4. The molecule has 0 aliphatic carbocycles. The quantitative estimate of drug-likeness (QED) is 0.344. The van der Waals surface area contributed by atoms with Gasteiger partial charge in [0.2, 0.25) is 0 Å². The predicted octanol–water partition coefficient (Wildman–Crippen LogP) is 3.21. The van der Waals surface area contributed by atoms with Gasteiger partial charge in [-0.3, -0.25) is 0 Å². The van der Waals surface area contributed by atoms with Gasteiger partial charge in [-0.05, 0) is 24.3 Å². The van der Waals surface area contributed by atoms with Crippen LogP contribution in [-0.4, -0.2) is 41.1 Å². The number of hydrogen-bond donors (Lipinski definition) is 0. The van der Waals surface area contributed by atoms with E-state index in [-0.39, 0.29) is 22.6 Å². The first-order valence-electron chi connectivity index (χ1n) is 8.63. The summed E-state index contributed by atoms with van der Waals surface area (Å²) in [6.07, 6.45) is 0. The second kappa shape index (κ2) is 7.06.